The van der Waals surface area contributed by atoms with Gasteiger partial charge in [-0.05, 0) is 37.7 Å². The fraction of sp³-hybridized carbons (Fsp3) is 0.600. The number of hydrogen-bond donors (Lipinski definition) is 1. The molecule has 3 heteroatoms. The number of hydrogen-bond acceptors (Lipinski definition) is 2. The summed E-state index contributed by atoms with van der Waals surface area (Å²) >= 11 is 1.94. The molecule has 1 nitrogen and oxygen atoms in total. The molecule has 1 aromatic heterocycles. The van der Waals surface area contributed by atoms with Gasteiger partial charge in [0.15, 0.2) is 0 Å². The molecule has 0 aliphatic heterocycles. The predicted molar refractivity (Wildman–Crippen MR) is 62.0 cm³/mol. The van der Waals surface area contributed by atoms with Gasteiger partial charge in [0.1, 0.15) is 0 Å². The lowest BCUT2D eigenvalue weighted by molar-refractivity contribution is 0.698. The molecule has 0 saturated carbocycles. The van der Waals surface area contributed by atoms with Gasteiger partial charge in [-0.25, -0.2) is 0 Å². The number of nitrogens with two attached hydrogens (primary N) is 1. The molecular weight excluding hydrogens is 202 g/mol. The first kappa shape index (κ1) is 10.9. The number of aryl methyl sites for hydroxylation is 2. The van der Waals surface area contributed by atoms with Crippen LogP contribution in [0.15, 0.2) is 0 Å². The highest BCUT2D eigenvalue weighted by atomic mass is 35.5. The zero-order valence-corrected chi connectivity index (χ0v) is 9.56. The topological polar surface area (TPSA) is 26.0 Å². The van der Waals surface area contributed by atoms with Gasteiger partial charge >= 0.3 is 0 Å². The van der Waals surface area contributed by atoms with E-state index in [0.29, 0.717) is 0 Å². The van der Waals surface area contributed by atoms with Crippen LogP contribution in [0, 0.1) is 0 Å². The highest BCUT2D eigenvalue weighted by Gasteiger charge is 2.17. The van der Waals surface area contributed by atoms with E-state index in [0.717, 1.165) is 12.1 Å². The van der Waals surface area contributed by atoms with Crippen LogP contribution < -0.4 is 5.73 Å². The van der Waals surface area contributed by atoms with E-state index in [9.17, 15) is 0 Å². The minimum absolute atomic E-state index is 0. The van der Waals surface area contributed by atoms with Gasteiger partial charge in [-0.1, -0.05) is 6.92 Å². The van der Waals surface area contributed by atoms with Crippen molar-refractivity contribution in [1.82, 2.24) is 0 Å². The first-order valence-corrected chi connectivity index (χ1v) is 5.53. The Morgan fingerprint density at radius 2 is 2.00 bits per heavy atom. The van der Waals surface area contributed by atoms with Crippen LogP contribution in [0.25, 0.3) is 0 Å². The molecule has 0 bridgehead atoms. The highest BCUT2D eigenvalue weighted by molar-refractivity contribution is 7.12. The van der Waals surface area contributed by atoms with E-state index in [-0.39, 0.29) is 12.4 Å². The molecular formula is C10H16ClNS. The maximum Gasteiger partial charge on any atom is 0.0490 e. The van der Waals surface area contributed by atoms with Gasteiger partial charge in [-0.2, -0.15) is 0 Å². The molecule has 0 amide bonds. The van der Waals surface area contributed by atoms with Crippen molar-refractivity contribution < 1.29 is 0 Å². The molecule has 0 radical (unpaired) electrons. The van der Waals surface area contributed by atoms with Crippen LogP contribution in [0.4, 0.5) is 5.69 Å². The lowest BCUT2D eigenvalue weighted by atomic mass is 9.97. The standard InChI is InChI=1S/C10H15NS.ClH/c1-2-8-10(11)7-5-3-4-6-9(7)12-8;/h2-6,11H2,1H3;1H. The van der Waals surface area contributed by atoms with Gasteiger partial charge in [0, 0.05) is 15.4 Å². The van der Waals surface area contributed by atoms with E-state index in [2.05, 4.69) is 6.92 Å². The van der Waals surface area contributed by atoms with Gasteiger partial charge in [0.25, 0.3) is 0 Å². The van der Waals surface area contributed by atoms with Crippen LogP contribution in [-0.2, 0) is 19.3 Å². The van der Waals surface area contributed by atoms with Gasteiger partial charge in [-0.3, -0.25) is 0 Å². The van der Waals surface area contributed by atoms with Crippen molar-refractivity contribution in [2.45, 2.75) is 39.0 Å². The van der Waals surface area contributed by atoms with Gasteiger partial charge < -0.3 is 5.73 Å². The van der Waals surface area contributed by atoms with Crippen molar-refractivity contribution in [3.05, 3.63) is 15.3 Å². The average Bonchev–Trinajstić information content (AvgIpc) is 2.44. The monoisotopic (exact) mass is 217 g/mol. The molecule has 1 aromatic rings. The van der Waals surface area contributed by atoms with Crippen LogP contribution >= 0.6 is 23.7 Å². The van der Waals surface area contributed by atoms with Crippen LogP contribution in [0.5, 0.6) is 0 Å². The van der Waals surface area contributed by atoms with Crippen LogP contribution in [0.2, 0.25) is 0 Å². The minimum Gasteiger partial charge on any atom is -0.398 e. The van der Waals surface area contributed by atoms with E-state index in [1.165, 1.54) is 36.1 Å². The van der Waals surface area contributed by atoms with Gasteiger partial charge in [0.05, 0.1) is 0 Å². The number of fused-ring (bicyclic) bond motifs is 1. The molecule has 2 rings (SSSR count). The molecule has 13 heavy (non-hydrogen) atoms. The van der Waals surface area contributed by atoms with E-state index < -0.39 is 0 Å². The third-order valence-electron chi connectivity index (χ3n) is 2.61. The summed E-state index contributed by atoms with van der Waals surface area (Å²) in [4.78, 5) is 2.97. The van der Waals surface area contributed by atoms with Crippen LogP contribution in [0.3, 0.4) is 0 Å². The largest absolute Gasteiger partial charge is 0.398 e. The summed E-state index contributed by atoms with van der Waals surface area (Å²) in [7, 11) is 0. The molecule has 1 aliphatic rings. The molecule has 0 fully saturated rings. The Bertz CT molecular complexity index is 293. The van der Waals surface area contributed by atoms with Crippen molar-refractivity contribution in [2.75, 3.05) is 5.73 Å². The summed E-state index contributed by atoms with van der Waals surface area (Å²) in [5, 5.41) is 0. The summed E-state index contributed by atoms with van der Waals surface area (Å²) in [6, 6.07) is 0. The first-order valence-electron chi connectivity index (χ1n) is 4.71. The Balaban J connectivity index is 0.000000845. The molecule has 0 spiro atoms. The minimum atomic E-state index is 0. The van der Waals surface area contributed by atoms with Crippen molar-refractivity contribution >= 4 is 29.4 Å². The molecule has 0 aromatic carbocycles. The van der Waals surface area contributed by atoms with E-state index in [4.69, 9.17) is 5.73 Å². The Morgan fingerprint density at radius 1 is 1.31 bits per heavy atom. The summed E-state index contributed by atoms with van der Waals surface area (Å²) in [5.74, 6) is 0. The van der Waals surface area contributed by atoms with Crippen LogP contribution in [-0.4, -0.2) is 0 Å². The Morgan fingerprint density at radius 3 is 2.62 bits per heavy atom. The molecule has 2 N–H and O–H groups in total. The smallest absolute Gasteiger partial charge is 0.0490 e. The maximum atomic E-state index is 6.05. The molecule has 1 heterocycles. The molecule has 0 saturated heterocycles. The van der Waals surface area contributed by atoms with Crippen molar-refractivity contribution in [1.29, 1.82) is 0 Å². The quantitative estimate of drug-likeness (QED) is 0.768. The normalized spacial score (nSPS) is 14.8. The van der Waals surface area contributed by atoms with Gasteiger partial charge in [-0.15, -0.1) is 23.7 Å². The van der Waals surface area contributed by atoms with E-state index in [1.807, 2.05) is 11.3 Å². The summed E-state index contributed by atoms with van der Waals surface area (Å²) in [6.45, 7) is 2.19. The third-order valence-corrected chi connectivity index (χ3v) is 4.06. The zero-order valence-electron chi connectivity index (χ0n) is 7.93. The van der Waals surface area contributed by atoms with Crippen LogP contribution in [0.1, 0.15) is 35.1 Å². The second-order valence-corrected chi connectivity index (χ2v) is 4.59. The Kier molecular flexibility index (Phi) is 3.63. The first-order chi connectivity index (χ1) is 5.83. The lowest BCUT2D eigenvalue weighted by Gasteiger charge is -2.10. The lowest BCUT2D eigenvalue weighted by Crippen LogP contribution is -2.01. The van der Waals surface area contributed by atoms with E-state index in [1.54, 1.807) is 4.88 Å². The molecule has 0 unspecified atom stereocenters. The maximum absolute atomic E-state index is 6.05. The number of halogens is 1. The average molecular weight is 218 g/mol. The second-order valence-electron chi connectivity index (χ2n) is 3.40. The SMILES string of the molecule is CCc1sc2c(c1N)CCCC2.Cl. The fourth-order valence-corrected chi connectivity index (χ4v) is 3.17. The van der Waals surface area contributed by atoms with Gasteiger partial charge in [0.2, 0.25) is 0 Å². The van der Waals surface area contributed by atoms with E-state index >= 15 is 0 Å². The predicted octanol–water partition coefficient (Wildman–Crippen LogP) is 3.19. The highest BCUT2D eigenvalue weighted by Crippen LogP contribution is 2.36. The fourth-order valence-electron chi connectivity index (χ4n) is 1.91. The summed E-state index contributed by atoms with van der Waals surface area (Å²) < 4.78 is 0. The van der Waals surface area contributed by atoms with Crippen molar-refractivity contribution in [2.24, 2.45) is 0 Å². The molecule has 1 aliphatic carbocycles. The number of rotatable bonds is 1. The third kappa shape index (κ3) is 1.84. The Labute approximate surface area is 89.7 Å². The summed E-state index contributed by atoms with van der Waals surface area (Å²) in [5.41, 5.74) is 8.63. The number of nitrogen functional groups attached to an aromatic ring is 1. The Hall–Kier alpha value is -0.210. The van der Waals surface area contributed by atoms with Crippen molar-refractivity contribution in [3.63, 3.8) is 0 Å². The zero-order chi connectivity index (χ0) is 8.55. The number of thiophene rings is 1. The second kappa shape index (κ2) is 4.34. The summed E-state index contributed by atoms with van der Waals surface area (Å²) in [6.07, 6.45) is 6.28. The van der Waals surface area contributed by atoms with Crippen molar-refractivity contribution in [3.8, 4) is 0 Å². The number of anilines is 1. The molecule has 0 atom stereocenters. The molecule has 74 valence electrons.